The molecule has 0 aliphatic heterocycles. The van der Waals surface area contributed by atoms with E-state index in [1.807, 2.05) is 24.3 Å². The van der Waals surface area contributed by atoms with Crippen molar-refractivity contribution in [3.8, 4) is 5.75 Å². The van der Waals surface area contributed by atoms with Crippen LogP contribution in [0, 0.1) is 0 Å². The maximum Gasteiger partial charge on any atom is 0.242 e. The van der Waals surface area contributed by atoms with Gasteiger partial charge >= 0.3 is 0 Å². The molecular weight excluding hydrogens is 376 g/mol. The van der Waals surface area contributed by atoms with Gasteiger partial charge in [0.1, 0.15) is 5.75 Å². The molecule has 0 aromatic heterocycles. The Morgan fingerprint density at radius 2 is 1.82 bits per heavy atom. The molecule has 0 bridgehead atoms. The molecular formula is C21H28N2O4S. The Morgan fingerprint density at radius 3 is 2.54 bits per heavy atom. The second kappa shape index (κ2) is 10.8. The van der Waals surface area contributed by atoms with Crippen LogP contribution in [-0.4, -0.2) is 45.9 Å². The summed E-state index contributed by atoms with van der Waals surface area (Å²) >= 11 is 0. The van der Waals surface area contributed by atoms with Gasteiger partial charge in [0.05, 0.1) is 12.0 Å². The summed E-state index contributed by atoms with van der Waals surface area (Å²) in [5, 5.41) is 2.89. The Balaban J connectivity index is 1.65. The van der Waals surface area contributed by atoms with Crippen LogP contribution in [0.4, 0.5) is 0 Å². The van der Waals surface area contributed by atoms with E-state index in [2.05, 4.69) is 5.32 Å². The molecule has 0 aliphatic rings. The molecule has 0 fully saturated rings. The number of hydrogen-bond donors (Lipinski definition) is 1. The summed E-state index contributed by atoms with van der Waals surface area (Å²) in [4.78, 5) is 12.2. The maximum atomic E-state index is 12.4. The number of methoxy groups -OCH3 is 1. The van der Waals surface area contributed by atoms with Crippen LogP contribution in [-0.2, 0) is 21.2 Å². The van der Waals surface area contributed by atoms with Crippen LogP contribution in [0.3, 0.4) is 0 Å². The highest BCUT2D eigenvalue weighted by Crippen LogP contribution is 2.15. The van der Waals surface area contributed by atoms with Gasteiger partial charge in [-0.2, -0.15) is 0 Å². The van der Waals surface area contributed by atoms with Gasteiger partial charge < -0.3 is 10.1 Å². The summed E-state index contributed by atoms with van der Waals surface area (Å²) in [6.45, 7) is 0.892. The standard InChI is InChI=1S/C21H28N2O4S/c1-23(28(25,26)20-12-4-3-5-13-20)16-8-14-21(24)22-15-7-10-18-9-6-11-19(17-18)27-2/h3-6,9,11-13,17H,7-8,10,14-16H2,1-2H3,(H,22,24). The van der Waals surface area contributed by atoms with E-state index in [1.165, 1.54) is 16.9 Å². The fourth-order valence-corrected chi connectivity index (χ4v) is 4.02. The lowest BCUT2D eigenvalue weighted by atomic mass is 10.1. The number of benzene rings is 2. The lowest BCUT2D eigenvalue weighted by Gasteiger charge is -2.17. The molecule has 2 rings (SSSR count). The zero-order chi connectivity index (χ0) is 20.4. The quantitative estimate of drug-likeness (QED) is 0.585. The Morgan fingerprint density at radius 1 is 1.07 bits per heavy atom. The third kappa shape index (κ3) is 6.65. The lowest BCUT2D eigenvalue weighted by Crippen LogP contribution is -2.30. The minimum absolute atomic E-state index is 0.0591. The number of carbonyl (C=O) groups excluding carboxylic acids is 1. The summed E-state index contributed by atoms with van der Waals surface area (Å²) < 4.78 is 31.3. The summed E-state index contributed by atoms with van der Waals surface area (Å²) in [6.07, 6.45) is 2.47. The summed E-state index contributed by atoms with van der Waals surface area (Å²) in [5.74, 6) is 0.771. The van der Waals surface area contributed by atoms with Gasteiger partial charge in [-0.05, 0) is 49.1 Å². The topological polar surface area (TPSA) is 75.7 Å². The molecule has 2 aromatic carbocycles. The van der Waals surface area contributed by atoms with Gasteiger partial charge in [0.15, 0.2) is 0 Å². The molecule has 2 aromatic rings. The number of nitrogens with one attached hydrogen (secondary N) is 1. The van der Waals surface area contributed by atoms with Crippen molar-refractivity contribution in [2.75, 3.05) is 27.2 Å². The number of amides is 1. The molecule has 28 heavy (non-hydrogen) atoms. The molecule has 0 saturated carbocycles. The Labute approximate surface area is 167 Å². The van der Waals surface area contributed by atoms with Gasteiger partial charge in [-0.3, -0.25) is 4.79 Å². The summed E-state index contributed by atoms with van der Waals surface area (Å²) in [6, 6.07) is 16.2. The summed E-state index contributed by atoms with van der Waals surface area (Å²) in [5.41, 5.74) is 1.17. The molecule has 6 nitrogen and oxygen atoms in total. The molecule has 152 valence electrons. The number of sulfonamides is 1. The molecule has 0 spiro atoms. The van der Waals surface area contributed by atoms with Crippen LogP contribution in [0.1, 0.15) is 24.8 Å². The molecule has 1 amide bonds. The van der Waals surface area contributed by atoms with E-state index in [-0.39, 0.29) is 10.8 Å². The smallest absolute Gasteiger partial charge is 0.242 e. The number of ether oxygens (including phenoxy) is 1. The molecule has 0 aliphatic carbocycles. The molecule has 0 saturated heterocycles. The molecule has 0 radical (unpaired) electrons. The van der Waals surface area contributed by atoms with Crippen LogP contribution in [0.25, 0.3) is 0 Å². The van der Waals surface area contributed by atoms with Gasteiger partial charge in [0, 0.05) is 26.6 Å². The largest absolute Gasteiger partial charge is 0.497 e. The zero-order valence-corrected chi connectivity index (χ0v) is 17.2. The SMILES string of the molecule is COc1cccc(CCCNC(=O)CCCN(C)S(=O)(=O)c2ccccc2)c1. The first kappa shape index (κ1) is 21.9. The maximum absolute atomic E-state index is 12.4. The van der Waals surface area contributed by atoms with Crippen molar-refractivity contribution >= 4 is 15.9 Å². The average molecular weight is 405 g/mol. The highest BCUT2D eigenvalue weighted by Gasteiger charge is 2.19. The third-order valence-electron chi connectivity index (χ3n) is 4.43. The van der Waals surface area contributed by atoms with Crippen molar-refractivity contribution in [3.05, 3.63) is 60.2 Å². The zero-order valence-electron chi connectivity index (χ0n) is 16.4. The van der Waals surface area contributed by atoms with Crippen molar-refractivity contribution in [1.29, 1.82) is 0 Å². The fraction of sp³-hybridized carbons (Fsp3) is 0.381. The van der Waals surface area contributed by atoms with Gasteiger partial charge in [-0.1, -0.05) is 30.3 Å². The van der Waals surface area contributed by atoms with Crippen LogP contribution in [0.5, 0.6) is 5.75 Å². The predicted molar refractivity (Wildman–Crippen MR) is 110 cm³/mol. The van der Waals surface area contributed by atoms with Crippen molar-refractivity contribution < 1.29 is 17.9 Å². The first-order valence-corrected chi connectivity index (χ1v) is 10.8. The highest BCUT2D eigenvalue weighted by atomic mass is 32.2. The molecule has 7 heteroatoms. The number of hydrogen-bond acceptors (Lipinski definition) is 4. The molecule has 0 atom stereocenters. The van der Waals surface area contributed by atoms with Gasteiger partial charge in [0.2, 0.25) is 15.9 Å². The molecule has 1 N–H and O–H groups in total. The molecule has 0 heterocycles. The Bertz CT molecular complexity index is 854. The highest BCUT2D eigenvalue weighted by molar-refractivity contribution is 7.89. The monoisotopic (exact) mass is 404 g/mol. The number of nitrogens with zero attached hydrogens (tertiary/aromatic N) is 1. The number of carbonyl (C=O) groups is 1. The second-order valence-electron chi connectivity index (χ2n) is 6.55. The first-order chi connectivity index (χ1) is 13.4. The van der Waals surface area contributed by atoms with E-state index in [0.717, 1.165) is 18.6 Å². The van der Waals surface area contributed by atoms with Crippen LogP contribution in [0.15, 0.2) is 59.5 Å². The molecule has 0 unspecified atom stereocenters. The Kier molecular flexibility index (Phi) is 8.47. The average Bonchev–Trinajstić information content (AvgIpc) is 2.72. The van der Waals surface area contributed by atoms with E-state index in [0.29, 0.717) is 25.9 Å². The van der Waals surface area contributed by atoms with Crippen LogP contribution in [0.2, 0.25) is 0 Å². The first-order valence-electron chi connectivity index (χ1n) is 9.34. The predicted octanol–water partition coefficient (Wildman–Crippen LogP) is 2.84. The van der Waals surface area contributed by atoms with E-state index in [1.54, 1.807) is 37.4 Å². The summed E-state index contributed by atoms with van der Waals surface area (Å²) in [7, 11) is -0.326. The van der Waals surface area contributed by atoms with Gasteiger partial charge in [0.25, 0.3) is 0 Å². The number of aryl methyl sites for hydroxylation is 1. The number of rotatable bonds is 11. The van der Waals surface area contributed by atoms with E-state index in [4.69, 9.17) is 4.74 Å². The lowest BCUT2D eigenvalue weighted by molar-refractivity contribution is -0.121. The second-order valence-corrected chi connectivity index (χ2v) is 8.59. The van der Waals surface area contributed by atoms with Crippen molar-refractivity contribution in [1.82, 2.24) is 9.62 Å². The van der Waals surface area contributed by atoms with E-state index < -0.39 is 10.0 Å². The fourth-order valence-electron chi connectivity index (χ4n) is 2.79. The van der Waals surface area contributed by atoms with E-state index in [9.17, 15) is 13.2 Å². The Hall–Kier alpha value is -2.38. The minimum atomic E-state index is -3.50. The van der Waals surface area contributed by atoms with Gasteiger partial charge in [-0.25, -0.2) is 12.7 Å². The van der Waals surface area contributed by atoms with Gasteiger partial charge in [-0.15, -0.1) is 0 Å². The normalized spacial score (nSPS) is 11.4. The third-order valence-corrected chi connectivity index (χ3v) is 6.30. The van der Waals surface area contributed by atoms with Crippen LogP contribution < -0.4 is 10.1 Å². The van der Waals surface area contributed by atoms with Crippen molar-refractivity contribution in [3.63, 3.8) is 0 Å². The minimum Gasteiger partial charge on any atom is -0.497 e. The van der Waals surface area contributed by atoms with Crippen LogP contribution >= 0.6 is 0 Å². The van der Waals surface area contributed by atoms with Crippen molar-refractivity contribution in [2.45, 2.75) is 30.6 Å². The van der Waals surface area contributed by atoms with E-state index >= 15 is 0 Å². The van der Waals surface area contributed by atoms with Crippen molar-refractivity contribution in [2.24, 2.45) is 0 Å².